The van der Waals surface area contributed by atoms with Gasteiger partial charge in [0.1, 0.15) is 5.75 Å². The lowest BCUT2D eigenvalue weighted by Crippen LogP contribution is -2.29. The Kier molecular flexibility index (Phi) is 7.53. The van der Waals surface area contributed by atoms with E-state index in [-0.39, 0.29) is 0 Å². The summed E-state index contributed by atoms with van der Waals surface area (Å²) in [7, 11) is 4.22. The molecular formula is C16H28N2O. The van der Waals surface area contributed by atoms with Crippen molar-refractivity contribution in [1.29, 1.82) is 0 Å². The van der Waals surface area contributed by atoms with E-state index < -0.39 is 0 Å². The molecule has 0 saturated heterocycles. The predicted molar refractivity (Wildman–Crippen MR) is 81.7 cm³/mol. The standard InChI is InChI=1S/C16H28N2O/c1-5-11-19-16-8-6-7-15(12-16)13-17-14(2)9-10-18(3)4/h6-8,12,14,17H,5,9-11,13H2,1-4H3. The normalized spacial score (nSPS) is 12.7. The zero-order valence-electron chi connectivity index (χ0n) is 12.8. The van der Waals surface area contributed by atoms with Gasteiger partial charge in [-0.2, -0.15) is 0 Å². The molecule has 1 N–H and O–H groups in total. The zero-order valence-corrected chi connectivity index (χ0v) is 12.8. The van der Waals surface area contributed by atoms with E-state index >= 15 is 0 Å². The summed E-state index contributed by atoms with van der Waals surface area (Å²) in [6, 6.07) is 8.88. The van der Waals surface area contributed by atoms with Gasteiger partial charge in [-0.3, -0.25) is 0 Å². The van der Waals surface area contributed by atoms with Gasteiger partial charge in [0, 0.05) is 12.6 Å². The monoisotopic (exact) mass is 264 g/mol. The van der Waals surface area contributed by atoms with Gasteiger partial charge in [-0.15, -0.1) is 0 Å². The van der Waals surface area contributed by atoms with Crippen molar-refractivity contribution in [3.05, 3.63) is 29.8 Å². The molecule has 0 heterocycles. The van der Waals surface area contributed by atoms with Crippen LogP contribution in [0.15, 0.2) is 24.3 Å². The minimum Gasteiger partial charge on any atom is -0.494 e. The summed E-state index contributed by atoms with van der Waals surface area (Å²) in [6.07, 6.45) is 2.21. The molecule has 0 saturated carbocycles. The largest absolute Gasteiger partial charge is 0.494 e. The highest BCUT2D eigenvalue weighted by Gasteiger charge is 2.03. The molecule has 0 spiro atoms. The van der Waals surface area contributed by atoms with Gasteiger partial charge in [-0.1, -0.05) is 19.1 Å². The Morgan fingerprint density at radius 2 is 2.11 bits per heavy atom. The van der Waals surface area contributed by atoms with Gasteiger partial charge in [-0.05, 0) is 58.1 Å². The van der Waals surface area contributed by atoms with Crippen LogP contribution in [0.4, 0.5) is 0 Å². The van der Waals surface area contributed by atoms with Gasteiger partial charge in [-0.25, -0.2) is 0 Å². The molecule has 0 fully saturated rings. The van der Waals surface area contributed by atoms with Crippen molar-refractivity contribution < 1.29 is 4.74 Å². The highest BCUT2D eigenvalue weighted by Crippen LogP contribution is 2.13. The van der Waals surface area contributed by atoms with Crippen LogP contribution >= 0.6 is 0 Å². The topological polar surface area (TPSA) is 24.5 Å². The van der Waals surface area contributed by atoms with Crippen LogP contribution in [0.25, 0.3) is 0 Å². The molecule has 0 aromatic heterocycles. The first-order valence-corrected chi connectivity index (χ1v) is 7.21. The van der Waals surface area contributed by atoms with Crippen LogP contribution in [-0.4, -0.2) is 38.2 Å². The fourth-order valence-electron chi connectivity index (χ4n) is 1.81. The first-order valence-electron chi connectivity index (χ1n) is 7.21. The number of nitrogens with one attached hydrogen (secondary N) is 1. The van der Waals surface area contributed by atoms with E-state index in [1.165, 1.54) is 12.0 Å². The number of ether oxygens (including phenoxy) is 1. The van der Waals surface area contributed by atoms with Crippen molar-refractivity contribution in [2.24, 2.45) is 0 Å². The van der Waals surface area contributed by atoms with Crippen molar-refractivity contribution in [2.75, 3.05) is 27.2 Å². The Morgan fingerprint density at radius 3 is 2.79 bits per heavy atom. The van der Waals surface area contributed by atoms with Gasteiger partial charge in [0.2, 0.25) is 0 Å². The maximum absolute atomic E-state index is 5.65. The molecule has 0 amide bonds. The summed E-state index contributed by atoms with van der Waals surface area (Å²) in [5.74, 6) is 0.974. The minimum atomic E-state index is 0.530. The third-order valence-corrected chi connectivity index (χ3v) is 3.04. The second kappa shape index (κ2) is 8.94. The first kappa shape index (κ1) is 16.0. The van der Waals surface area contributed by atoms with Gasteiger partial charge in [0.15, 0.2) is 0 Å². The zero-order chi connectivity index (χ0) is 14.1. The summed E-state index contributed by atoms with van der Waals surface area (Å²) in [5, 5.41) is 3.56. The second-order valence-electron chi connectivity index (χ2n) is 5.37. The minimum absolute atomic E-state index is 0.530. The quantitative estimate of drug-likeness (QED) is 0.742. The average Bonchev–Trinajstić information content (AvgIpc) is 2.41. The van der Waals surface area contributed by atoms with Crippen LogP contribution in [0.3, 0.4) is 0 Å². The lowest BCUT2D eigenvalue weighted by Gasteiger charge is -2.17. The molecule has 0 bridgehead atoms. The van der Waals surface area contributed by atoms with Gasteiger partial charge < -0.3 is 15.0 Å². The van der Waals surface area contributed by atoms with E-state index in [4.69, 9.17) is 4.74 Å². The second-order valence-corrected chi connectivity index (χ2v) is 5.37. The van der Waals surface area contributed by atoms with Crippen LogP contribution in [0.5, 0.6) is 5.75 Å². The molecule has 19 heavy (non-hydrogen) atoms. The smallest absolute Gasteiger partial charge is 0.119 e. The summed E-state index contributed by atoms with van der Waals surface area (Å²) >= 11 is 0. The summed E-state index contributed by atoms with van der Waals surface area (Å²) in [5.41, 5.74) is 1.28. The lowest BCUT2D eigenvalue weighted by molar-refractivity contribution is 0.317. The van der Waals surface area contributed by atoms with E-state index in [0.717, 1.165) is 31.9 Å². The molecule has 3 heteroatoms. The molecule has 0 aliphatic heterocycles. The van der Waals surface area contributed by atoms with E-state index in [1.807, 2.05) is 6.07 Å². The van der Waals surface area contributed by atoms with Gasteiger partial charge in [0.05, 0.1) is 6.61 Å². The van der Waals surface area contributed by atoms with Crippen molar-refractivity contribution in [2.45, 2.75) is 39.3 Å². The average molecular weight is 264 g/mol. The maximum Gasteiger partial charge on any atom is 0.119 e. The fraction of sp³-hybridized carbons (Fsp3) is 0.625. The Bertz CT molecular complexity index is 352. The van der Waals surface area contributed by atoms with Crippen LogP contribution in [-0.2, 0) is 6.54 Å². The molecule has 1 aromatic carbocycles. The predicted octanol–water partition coefficient (Wildman–Crippen LogP) is 2.91. The number of hydrogen-bond acceptors (Lipinski definition) is 3. The summed E-state index contributed by atoms with van der Waals surface area (Å²) in [6.45, 7) is 7.17. The van der Waals surface area contributed by atoms with Crippen LogP contribution in [0, 0.1) is 0 Å². The number of benzene rings is 1. The molecule has 1 unspecified atom stereocenters. The molecule has 1 rings (SSSR count). The molecular weight excluding hydrogens is 236 g/mol. The van der Waals surface area contributed by atoms with Crippen LogP contribution in [0.2, 0.25) is 0 Å². The molecule has 0 aliphatic carbocycles. The number of hydrogen-bond donors (Lipinski definition) is 1. The summed E-state index contributed by atoms with van der Waals surface area (Å²) < 4.78 is 5.65. The molecule has 1 aromatic rings. The maximum atomic E-state index is 5.65. The van der Waals surface area contributed by atoms with Gasteiger partial charge >= 0.3 is 0 Å². The molecule has 0 radical (unpaired) electrons. The van der Waals surface area contributed by atoms with Crippen molar-refractivity contribution in [3.63, 3.8) is 0 Å². The van der Waals surface area contributed by atoms with Crippen molar-refractivity contribution in [3.8, 4) is 5.75 Å². The van der Waals surface area contributed by atoms with Crippen molar-refractivity contribution in [1.82, 2.24) is 10.2 Å². The number of nitrogens with zero attached hydrogens (tertiary/aromatic N) is 1. The van der Waals surface area contributed by atoms with E-state index in [0.29, 0.717) is 6.04 Å². The Balaban J connectivity index is 2.35. The van der Waals surface area contributed by atoms with Crippen LogP contribution < -0.4 is 10.1 Å². The third-order valence-electron chi connectivity index (χ3n) is 3.04. The van der Waals surface area contributed by atoms with Crippen molar-refractivity contribution >= 4 is 0 Å². The Hall–Kier alpha value is -1.06. The van der Waals surface area contributed by atoms with Crippen LogP contribution in [0.1, 0.15) is 32.3 Å². The Labute approximate surface area is 118 Å². The highest BCUT2D eigenvalue weighted by molar-refractivity contribution is 5.28. The SMILES string of the molecule is CCCOc1cccc(CNC(C)CCN(C)C)c1. The van der Waals surface area contributed by atoms with Gasteiger partial charge in [0.25, 0.3) is 0 Å². The van der Waals surface area contributed by atoms with E-state index in [9.17, 15) is 0 Å². The fourth-order valence-corrected chi connectivity index (χ4v) is 1.81. The summed E-state index contributed by atoms with van der Waals surface area (Å²) in [4.78, 5) is 2.22. The lowest BCUT2D eigenvalue weighted by atomic mass is 10.2. The van der Waals surface area contributed by atoms with E-state index in [1.54, 1.807) is 0 Å². The highest BCUT2D eigenvalue weighted by atomic mass is 16.5. The molecule has 108 valence electrons. The molecule has 0 aliphatic rings. The number of rotatable bonds is 9. The third kappa shape index (κ3) is 7.19. The molecule has 3 nitrogen and oxygen atoms in total. The van der Waals surface area contributed by atoms with E-state index in [2.05, 4.69) is 56.4 Å². The molecule has 1 atom stereocenters. The Morgan fingerprint density at radius 1 is 1.32 bits per heavy atom. The first-order chi connectivity index (χ1) is 9.11.